The van der Waals surface area contributed by atoms with Gasteiger partial charge in [-0.25, -0.2) is 9.97 Å². The fraction of sp³-hybridized carbons (Fsp3) is 0.312. The molecule has 7 heteroatoms. The number of pyridine rings is 2. The summed E-state index contributed by atoms with van der Waals surface area (Å²) < 4.78 is 10.3. The third-order valence-electron chi connectivity index (χ3n) is 3.58. The number of anilines is 3. The highest BCUT2D eigenvalue weighted by Crippen LogP contribution is 2.36. The summed E-state index contributed by atoms with van der Waals surface area (Å²) in [4.78, 5) is 23.2. The van der Waals surface area contributed by atoms with Crippen molar-refractivity contribution in [2.24, 2.45) is 0 Å². The molecular weight excluding hydrogens is 296 g/mol. The average Bonchev–Trinajstić information content (AvgIpc) is 2.68. The third kappa shape index (κ3) is 3.01. The van der Waals surface area contributed by atoms with Crippen molar-refractivity contribution in [1.29, 1.82) is 0 Å². The van der Waals surface area contributed by atoms with Gasteiger partial charge in [0.15, 0.2) is 5.82 Å². The van der Waals surface area contributed by atoms with Crippen LogP contribution in [-0.4, -0.2) is 42.9 Å². The maximum Gasteiger partial charge on any atom is 0.259 e. The highest BCUT2D eigenvalue weighted by atomic mass is 16.7. The lowest BCUT2D eigenvalue weighted by Gasteiger charge is -2.23. The number of rotatable bonds is 5. The molecule has 2 aromatic heterocycles. The molecule has 0 spiro atoms. The van der Waals surface area contributed by atoms with Crippen molar-refractivity contribution < 1.29 is 14.3 Å². The number of carbonyl (C=O) groups is 1. The van der Waals surface area contributed by atoms with Crippen LogP contribution in [-0.2, 0) is 9.47 Å². The molecule has 0 fully saturated rings. The number of nitrogens with one attached hydrogen (secondary N) is 1. The van der Waals surface area contributed by atoms with E-state index < -0.39 is 0 Å². The van der Waals surface area contributed by atoms with E-state index >= 15 is 0 Å². The highest BCUT2D eigenvalue weighted by Gasteiger charge is 2.27. The first-order chi connectivity index (χ1) is 11.2. The van der Waals surface area contributed by atoms with Crippen LogP contribution >= 0.6 is 0 Å². The van der Waals surface area contributed by atoms with Gasteiger partial charge in [-0.1, -0.05) is 0 Å². The van der Waals surface area contributed by atoms with E-state index in [-0.39, 0.29) is 12.7 Å². The van der Waals surface area contributed by atoms with Crippen LogP contribution in [0.4, 0.5) is 17.3 Å². The summed E-state index contributed by atoms with van der Waals surface area (Å²) >= 11 is 0. The van der Waals surface area contributed by atoms with Crippen LogP contribution in [0.25, 0.3) is 0 Å². The van der Waals surface area contributed by atoms with Crippen molar-refractivity contribution in [3.63, 3.8) is 0 Å². The van der Waals surface area contributed by atoms with Gasteiger partial charge in [-0.05, 0) is 30.7 Å². The van der Waals surface area contributed by atoms with Gasteiger partial charge in [0.25, 0.3) is 5.91 Å². The van der Waals surface area contributed by atoms with Crippen LogP contribution in [0.5, 0.6) is 0 Å². The predicted molar refractivity (Wildman–Crippen MR) is 86.0 cm³/mol. The molecular formula is C16H18N4O3. The van der Waals surface area contributed by atoms with Crippen LogP contribution in [0.1, 0.15) is 15.9 Å². The molecule has 2 aromatic rings. The molecule has 120 valence electrons. The standard InChI is InChI=1S/C16H18N4O3/c1-11-5-7-18-15-13(11)19-16(21)12-4-3-6-17-14(12)20(15)8-9-23-10-22-2/h3-7H,8-10H2,1-2H3,(H,19,21). The van der Waals surface area contributed by atoms with Gasteiger partial charge >= 0.3 is 0 Å². The lowest BCUT2D eigenvalue weighted by Crippen LogP contribution is -2.25. The number of nitrogens with zero attached hydrogens (tertiary/aromatic N) is 3. The molecule has 0 aromatic carbocycles. The minimum Gasteiger partial charge on any atom is -0.359 e. The summed E-state index contributed by atoms with van der Waals surface area (Å²) in [5.74, 6) is 1.05. The van der Waals surface area contributed by atoms with Crippen LogP contribution in [0.2, 0.25) is 0 Å². The van der Waals surface area contributed by atoms with E-state index in [0.717, 1.165) is 5.56 Å². The molecule has 3 heterocycles. The Labute approximate surface area is 134 Å². The van der Waals surface area contributed by atoms with Crippen molar-refractivity contribution in [1.82, 2.24) is 9.97 Å². The Bertz CT molecular complexity index is 720. The van der Waals surface area contributed by atoms with E-state index in [2.05, 4.69) is 15.3 Å². The monoisotopic (exact) mass is 314 g/mol. The van der Waals surface area contributed by atoms with Crippen LogP contribution in [0, 0.1) is 6.92 Å². The SMILES string of the molecule is COCOCCN1c2ncccc2C(=O)Nc2c(C)ccnc21. The first-order valence-corrected chi connectivity index (χ1v) is 7.28. The van der Waals surface area contributed by atoms with Crippen molar-refractivity contribution in [3.8, 4) is 0 Å². The summed E-state index contributed by atoms with van der Waals surface area (Å²) in [7, 11) is 1.57. The molecule has 0 unspecified atom stereocenters. The Kier molecular flexibility index (Phi) is 4.50. The molecule has 3 rings (SSSR count). The van der Waals surface area contributed by atoms with Gasteiger partial charge in [-0.3, -0.25) is 4.79 Å². The topological polar surface area (TPSA) is 76.6 Å². The number of ether oxygens (including phenoxy) is 2. The number of carbonyl (C=O) groups excluding carboxylic acids is 1. The van der Waals surface area contributed by atoms with Gasteiger partial charge in [0, 0.05) is 26.0 Å². The van der Waals surface area contributed by atoms with Crippen LogP contribution in [0.15, 0.2) is 30.6 Å². The largest absolute Gasteiger partial charge is 0.359 e. The first-order valence-electron chi connectivity index (χ1n) is 7.28. The number of methoxy groups -OCH3 is 1. The molecule has 23 heavy (non-hydrogen) atoms. The van der Waals surface area contributed by atoms with Gasteiger partial charge < -0.3 is 19.7 Å². The summed E-state index contributed by atoms with van der Waals surface area (Å²) in [6.45, 7) is 3.08. The fourth-order valence-electron chi connectivity index (χ4n) is 2.48. The van der Waals surface area contributed by atoms with Crippen molar-refractivity contribution in [2.45, 2.75) is 6.92 Å². The van der Waals surface area contributed by atoms with Crippen LogP contribution < -0.4 is 10.2 Å². The maximum atomic E-state index is 12.5. The van der Waals surface area contributed by atoms with Gasteiger partial charge in [0.2, 0.25) is 0 Å². The zero-order valence-electron chi connectivity index (χ0n) is 13.1. The van der Waals surface area contributed by atoms with Gasteiger partial charge in [-0.15, -0.1) is 0 Å². The predicted octanol–water partition coefficient (Wildman–Crippen LogP) is 2.11. The van der Waals surface area contributed by atoms with E-state index in [1.165, 1.54) is 0 Å². The molecule has 0 saturated carbocycles. The summed E-state index contributed by atoms with van der Waals surface area (Å²) in [5.41, 5.74) is 2.15. The van der Waals surface area contributed by atoms with E-state index in [1.54, 1.807) is 31.6 Å². The molecule has 1 N–H and O–H groups in total. The Morgan fingerprint density at radius 2 is 2.04 bits per heavy atom. The van der Waals surface area contributed by atoms with Crippen LogP contribution in [0.3, 0.4) is 0 Å². The molecule has 1 aliphatic rings. The van der Waals surface area contributed by atoms with Gasteiger partial charge in [-0.2, -0.15) is 0 Å². The Morgan fingerprint density at radius 1 is 1.22 bits per heavy atom. The number of hydrogen-bond acceptors (Lipinski definition) is 6. The molecule has 0 atom stereocenters. The molecule has 0 radical (unpaired) electrons. The van der Waals surface area contributed by atoms with E-state index in [0.29, 0.717) is 36.0 Å². The highest BCUT2D eigenvalue weighted by molar-refractivity contribution is 6.11. The molecule has 0 bridgehead atoms. The van der Waals surface area contributed by atoms with E-state index in [4.69, 9.17) is 9.47 Å². The second-order valence-corrected chi connectivity index (χ2v) is 5.12. The van der Waals surface area contributed by atoms with E-state index in [1.807, 2.05) is 17.9 Å². The lowest BCUT2D eigenvalue weighted by atomic mass is 10.2. The fourth-order valence-corrected chi connectivity index (χ4v) is 2.48. The Hall–Kier alpha value is -2.51. The quantitative estimate of drug-likeness (QED) is 0.673. The smallest absolute Gasteiger partial charge is 0.259 e. The van der Waals surface area contributed by atoms with Crippen molar-refractivity contribution >= 4 is 23.2 Å². The normalized spacial score (nSPS) is 13.1. The summed E-state index contributed by atoms with van der Waals surface area (Å²) in [5, 5.41) is 2.93. The Balaban J connectivity index is 2.03. The van der Waals surface area contributed by atoms with Crippen molar-refractivity contribution in [3.05, 3.63) is 41.7 Å². The van der Waals surface area contributed by atoms with Gasteiger partial charge in [0.1, 0.15) is 12.6 Å². The number of hydrogen-bond donors (Lipinski definition) is 1. The molecule has 0 saturated heterocycles. The summed E-state index contributed by atoms with van der Waals surface area (Å²) in [6.07, 6.45) is 3.38. The van der Waals surface area contributed by atoms with E-state index in [9.17, 15) is 4.79 Å². The second-order valence-electron chi connectivity index (χ2n) is 5.12. The maximum absolute atomic E-state index is 12.5. The van der Waals surface area contributed by atoms with Crippen molar-refractivity contribution in [2.75, 3.05) is 37.3 Å². The Morgan fingerprint density at radius 3 is 2.87 bits per heavy atom. The number of aromatic nitrogens is 2. The second kappa shape index (κ2) is 6.72. The number of amides is 1. The van der Waals surface area contributed by atoms with Gasteiger partial charge in [0.05, 0.1) is 17.9 Å². The molecule has 1 amide bonds. The summed E-state index contributed by atoms with van der Waals surface area (Å²) in [6, 6.07) is 5.36. The molecule has 0 aliphatic carbocycles. The number of fused-ring (bicyclic) bond motifs is 2. The third-order valence-corrected chi connectivity index (χ3v) is 3.58. The molecule has 1 aliphatic heterocycles. The minimum absolute atomic E-state index is 0.189. The first kappa shape index (κ1) is 15.4. The zero-order chi connectivity index (χ0) is 16.2. The molecule has 7 nitrogen and oxygen atoms in total. The average molecular weight is 314 g/mol. The zero-order valence-corrected chi connectivity index (χ0v) is 13.1. The number of aryl methyl sites for hydroxylation is 1. The lowest BCUT2D eigenvalue weighted by molar-refractivity contribution is -0.0271. The minimum atomic E-state index is -0.189.